The first-order valence-corrected chi connectivity index (χ1v) is 7.42. The van der Waals surface area contributed by atoms with Crippen LogP contribution in [0.2, 0.25) is 0 Å². The summed E-state index contributed by atoms with van der Waals surface area (Å²) in [5.74, 6) is 0. The summed E-state index contributed by atoms with van der Waals surface area (Å²) in [6.45, 7) is 1.99. The molecule has 1 fully saturated rings. The second kappa shape index (κ2) is 6.92. The van der Waals surface area contributed by atoms with Crippen LogP contribution >= 0.6 is 12.6 Å². The zero-order chi connectivity index (χ0) is 13.7. The molecule has 0 spiro atoms. The van der Waals surface area contributed by atoms with Crippen LogP contribution in [0.4, 0.5) is 0 Å². The van der Waals surface area contributed by atoms with E-state index in [1.807, 2.05) is 31.2 Å². The Balaban J connectivity index is 0.000000163. The Morgan fingerprint density at radius 1 is 1.11 bits per heavy atom. The number of nitrogens with zero attached hydrogens (tertiary/aromatic N) is 1. The van der Waals surface area contributed by atoms with E-state index in [1.54, 1.807) is 0 Å². The third-order valence-corrected chi connectivity index (χ3v) is 3.74. The lowest BCUT2D eigenvalue weighted by Crippen LogP contribution is -2.22. The average Bonchev–Trinajstić information content (AvgIpc) is 2.41. The van der Waals surface area contributed by atoms with Gasteiger partial charge in [0.15, 0.2) is 0 Å². The summed E-state index contributed by atoms with van der Waals surface area (Å²) in [5, 5.41) is 1.15. The van der Waals surface area contributed by atoms with E-state index in [-0.39, 0.29) is 0 Å². The molecular weight excluding hydrogens is 252 g/mol. The van der Waals surface area contributed by atoms with Crippen LogP contribution in [0.5, 0.6) is 0 Å². The minimum absolute atomic E-state index is 0.536. The monoisotopic (exact) mass is 274 g/mol. The molecule has 1 heterocycles. The summed E-state index contributed by atoms with van der Waals surface area (Å²) >= 11 is 4.26. The Kier molecular flexibility index (Phi) is 5.23. The standard InChI is InChI=1S/C10H9NS.C6H13N/c1-7-2-3-8-6-9(12)4-5-10(8)11-7;7-6-4-2-1-3-5-6/h2-6,12H,1H3;6H,1-5,7H2. The van der Waals surface area contributed by atoms with E-state index in [1.165, 1.54) is 32.1 Å². The van der Waals surface area contributed by atoms with Crippen molar-refractivity contribution in [3.8, 4) is 0 Å². The molecule has 2 nitrogen and oxygen atoms in total. The van der Waals surface area contributed by atoms with Gasteiger partial charge >= 0.3 is 0 Å². The Morgan fingerprint density at radius 3 is 2.47 bits per heavy atom. The van der Waals surface area contributed by atoms with E-state index < -0.39 is 0 Å². The van der Waals surface area contributed by atoms with Gasteiger partial charge in [0, 0.05) is 22.0 Å². The number of thiol groups is 1. The van der Waals surface area contributed by atoms with Crippen molar-refractivity contribution in [3.63, 3.8) is 0 Å². The average molecular weight is 274 g/mol. The van der Waals surface area contributed by atoms with Gasteiger partial charge in [-0.3, -0.25) is 4.98 Å². The summed E-state index contributed by atoms with van der Waals surface area (Å²) in [6.07, 6.45) is 6.66. The highest BCUT2D eigenvalue weighted by Gasteiger charge is 2.06. The van der Waals surface area contributed by atoms with Gasteiger partial charge in [0.1, 0.15) is 0 Å². The number of pyridine rings is 1. The molecule has 1 aliphatic carbocycles. The van der Waals surface area contributed by atoms with E-state index in [4.69, 9.17) is 5.73 Å². The van der Waals surface area contributed by atoms with Gasteiger partial charge in [-0.05, 0) is 44.0 Å². The molecule has 2 N–H and O–H groups in total. The van der Waals surface area contributed by atoms with E-state index in [0.717, 1.165) is 21.5 Å². The van der Waals surface area contributed by atoms with Crippen LogP contribution in [0.15, 0.2) is 35.2 Å². The molecule has 0 amide bonds. The second-order valence-electron chi connectivity index (χ2n) is 5.23. The van der Waals surface area contributed by atoms with Crippen LogP contribution in [0.3, 0.4) is 0 Å². The van der Waals surface area contributed by atoms with Crippen LogP contribution in [0, 0.1) is 6.92 Å². The molecule has 1 saturated carbocycles. The Bertz CT molecular complexity index is 492. The zero-order valence-electron chi connectivity index (χ0n) is 11.5. The number of fused-ring (bicyclic) bond motifs is 1. The lowest BCUT2D eigenvalue weighted by molar-refractivity contribution is 0.441. The van der Waals surface area contributed by atoms with Crippen molar-refractivity contribution in [2.24, 2.45) is 5.73 Å². The molecule has 0 bridgehead atoms. The van der Waals surface area contributed by atoms with Gasteiger partial charge in [-0.2, -0.15) is 0 Å². The topological polar surface area (TPSA) is 38.9 Å². The number of aryl methyl sites for hydroxylation is 1. The first-order valence-electron chi connectivity index (χ1n) is 6.97. The fraction of sp³-hybridized carbons (Fsp3) is 0.438. The molecule has 3 rings (SSSR count). The Morgan fingerprint density at radius 2 is 1.84 bits per heavy atom. The van der Waals surface area contributed by atoms with Crippen molar-refractivity contribution in [3.05, 3.63) is 36.0 Å². The lowest BCUT2D eigenvalue weighted by Gasteiger charge is -2.15. The number of rotatable bonds is 0. The Hall–Kier alpha value is -1.06. The maximum Gasteiger partial charge on any atom is 0.0705 e. The molecule has 19 heavy (non-hydrogen) atoms. The molecule has 1 aromatic heterocycles. The molecule has 102 valence electrons. The van der Waals surface area contributed by atoms with Gasteiger partial charge in [-0.25, -0.2) is 0 Å². The highest BCUT2D eigenvalue weighted by molar-refractivity contribution is 7.80. The van der Waals surface area contributed by atoms with Crippen molar-refractivity contribution in [1.29, 1.82) is 0 Å². The maximum absolute atomic E-state index is 5.63. The molecule has 0 aliphatic heterocycles. The SMILES string of the molecule is Cc1ccc2cc(S)ccc2n1.NC1CCCCC1. The lowest BCUT2D eigenvalue weighted by atomic mass is 9.97. The van der Waals surface area contributed by atoms with Crippen LogP contribution in [0.25, 0.3) is 10.9 Å². The molecule has 2 aromatic rings. The maximum atomic E-state index is 5.63. The minimum atomic E-state index is 0.536. The summed E-state index contributed by atoms with van der Waals surface area (Å²) in [4.78, 5) is 5.36. The van der Waals surface area contributed by atoms with Crippen LogP contribution in [0.1, 0.15) is 37.8 Å². The van der Waals surface area contributed by atoms with Crippen molar-refractivity contribution in [2.45, 2.75) is 50.0 Å². The summed E-state index contributed by atoms with van der Waals surface area (Å²) in [5.41, 5.74) is 7.72. The summed E-state index contributed by atoms with van der Waals surface area (Å²) in [6, 6.07) is 10.6. The van der Waals surface area contributed by atoms with E-state index in [2.05, 4.69) is 23.7 Å². The van der Waals surface area contributed by atoms with Crippen LogP contribution in [-0.4, -0.2) is 11.0 Å². The first kappa shape index (κ1) is 14.4. The molecule has 0 atom stereocenters. The molecular formula is C16H22N2S. The Labute approximate surface area is 120 Å². The van der Waals surface area contributed by atoms with Crippen molar-refractivity contribution in [1.82, 2.24) is 4.98 Å². The molecule has 0 unspecified atom stereocenters. The first-order chi connectivity index (χ1) is 9.15. The zero-order valence-corrected chi connectivity index (χ0v) is 12.4. The second-order valence-corrected chi connectivity index (χ2v) is 5.74. The fourth-order valence-electron chi connectivity index (χ4n) is 2.35. The molecule has 0 saturated heterocycles. The van der Waals surface area contributed by atoms with Crippen molar-refractivity contribution >= 4 is 23.5 Å². The highest BCUT2D eigenvalue weighted by atomic mass is 32.1. The quantitative estimate of drug-likeness (QED) is 0.710. The summed E-state index contributed by atoms with van der Waals surface area (Å²) < 4.78 is 0. The van der Waals surface area contributed by atoms with E-state index >= 15 is 0 Å². The molecule has 0 radical (unpaired) electrons. The van der Waals surface area contributed by atoms with Gasteiger partial charge < -0.3 is 5.73 Å². The summed E-state index contributed by atoms with van der Waals surface area (Å²) in [7, 11) is 0. The van der Waals surface area contributed by atoms with Gasteiger partial charge in [0.2, 0.25) is 0 Å². The van der Waals surface area contributed by atoms with E-state index in [9.17, 15) is 0 Å². The van der Waals surface area contributed by atoms with Crippen LogP contribution < -0.4 is 5.73 Å². The molecule has 3 heteroatoms. The fourth-order valence-corrected chi connectivity index (χ4v) is 2.56. The molecule has 1 aliphatic rings. The van der Waals surface area contributed by atoms with Gasteiger partial charge in [0.05, 0.1) is 5.52 Å². The number of benzene rings is 1. The van der Waals surface area contributed by atoms with Gasteiger partial charge in [-0.15, -0.1) is 12.6 Å². The van der Waals surface area contributed by atoms with E-state index in [0.29, 0.717) is 6.04 Å². The van der Waals surface area contributed by atoms with Crippen molar-refractivity contribution < 1.29 is 0 Å². The molecule has 1 aromatic carbocycles. The number of aromatic nitrogens is 1. The number of hydrogen-bond donors (Lipinski definition) is 2. The van der Waals surface area contributed by atoms with Gasteiger partial charge in [-0.1, -0.05) is 25.3 Å². The van der Waals surface area contributed by atoms with Crippen LogP contribution in [-0.2, 0) is 0 Å². The largest absolute Gasteiger partial charge is 0.328 e. The third kappa shape index (κ3) is 4.51. The minimum Gasteiger partial charge on any atom is -0.328 e. The highest BCUT2D eigenvalue weighted by Crippen LogP contribution is 2.16. The number of nitrogens with two attached hydrogens (primary N) is 1. The number of hydrogen-bond acceptors (Lipinski definition) is 3. The van der Waals surface area contributed by atoms with Crippen molar-refractivity contribution in [2.75, 3.05) is 0 Å². The normalized spacial score (nSPS) is 15.9. The third-order valence-electron chi connectivity index (χ3n) is 3.46. The van der Waals surface area contributed by atoms with Gasteiger partial charge in [0.25, 0.3) is 0 Å². The smallest absolute Gasteiger partial charge is 0.0705 e. The predicted octanol–water partition coefficient (Wildman–Crippen LogP) is 4.11. The predicted molar refractivity (Wildman–Crippen MR) is 84.8 cm³/mol.